The molecule has 0 aromatic heterocycles. The van der Waals surface area contributed by atoms with E-state index in [9.17, 15) is 9.59 Å². The van der Waals surface area contributed by atoms with Gasteiger partial charge in [-0.3, -0.25) is 4.79 Å². The van der Waals surface area contributed by atoms with Gasteiger partial charge in [-0.2, -0.15) is 0 Å². The first-order chi connectivity index (χ1) is 16.8. The predicted octanol–water partition coefficient (Wildman–Crippen LogP) is 4.71. The topological polar surface area (TPSA) is 86.3 Å². The molecule has 3 aliphatic rings. The van der Waals surface area contributed by atoms with Gasteiger partial charge in [0.2, 0.25) is 5.91 Å². The molecule has 2 saturated heterocycles. The molecule has 2 fully saturated rings. The smallest absolute Gasteiger partial charge is 0.408 e. The number of nitrogens with one attached hydrogen (secondary N) is 1. The number of methoxy groups -OCH3 is 1. The van der Waals surface area contributed by atoms with Crippen LogP contribution in [0.3, 0.4) is 0 Å². The van der Waals surface area contributed by atoms with Gasteiger partial charge in [-0.1, -0.05) is 26.0 Å². The number of alkyl carbamates (subject to hydrolysis) is 1. The van der Waals surface area contributed by atoms with Crippen molar-refractivity contribution in [1.29, 1.82) is 0 Å². The Morgan fingerprint density at radius 3 is 2.58 bits per heavy atom. The maximum atomic E-state index is 13.5. The van der Waals surface area contributed by atoms with Crippen LogP contribution in [0.5, 0.6) is 11.5 Å². The van der Waals surface area contributed by atoms with Crippen LogP contribution in [0.1, 0.15) is 73.0 Å². The Morgan fingerprint density at radius 2 is 1.94 bits per heavy atom. The highest BCUT2D eigenvalue weighted by molar-refractivity contribution is 5.86. The van der Waals surface area contributed by atoms with Gasteiger partial charge < -0.3 is 29.2 Å². The van der Waals surface area contributed by atoms with E-state index >= 15 is 0 Å². The normalized spacial score (nSPS) is 27.6. The van der Waals surface area contributed by atoms with Gasteiger partial charge in [0.25, 0.3) is 0 Å². The maximum Gasteiger partial charge on any atom is 0.408 e. The first kappa shape index (κ1) is 26.6. The number of likely N-dealkylation sites (tertiary alicyclic amines) is 1. The third-order valence-electron chi connectivity index (χ3n) is 7.62. The van der Waals surface area contributed by atoms with E-state index in [2.05, 4.69) is 25.2 Å². The van der Waals surface area contributed by atoms with Gasteiger partial charge >= 0.3 is 6.09 Å². The van der Waals surface area contributed by atoms with Crippen LogP contribution in [-0.2, 0) is 14.3 Å². The van der Waals surface area contributed by atoms with Crippen molar-refractivity contribution in [2.45, 2.75) is 90.8 Å². The Kier molecular flexibility index (Phi) is 7.21. The summed E-state index contributed by atoms with van der Waals surface area (Å²) in [5, 5.41) is 2.81. The molecule has 5 atom stereocenters. The summed E-state index contributed by atoms with van der Waals surface area (Å²) in [5.74, 6) is 1.72. The van der Waals surface area contributed by atoms with Crippen molar-refractivity contribution in [3.63, 3.8) is 0 Å². The Labute approximate surface area is 215 Å². The number of rotatable bonds is 4. The highest BCUT2D eigenvalue weighted by Crippen LogP contribution is 2.55. The number of hydrogen-bond donors (Lipinski definition) is 1. The molecule has 2 amide bonds. The Balaban J connectivity index is 1.49. The minimum absolute atomic E-state index is 0.0631. The molecule has 4 rings (SSSR count). The maximum absolute atomic E-state index is 13.5. The summed E-state index contributed by atoms with van der Waals surface area (Å²) >= 11 is 0. The Hall–Kier alpha value is -2.48. The van der Waals surface area contributed by atoms with E-state index in [1.54, 1.807) is 7.11 Å². The second kappa shape index (κ2) is 9.77. The SMILES string of the molecule is COc1cccc2c1OC(C)(C)[C@@H]1C[C@H]3CN(C(=O)[C@H](NC(=O)OC(C)(C)C)C(C)C)CC[C@H]3O[C@@H]21. The lowest BCUT2D eigenvalue weighted by atomic mass is 9.70. The molecule has 0 unspecified atom stereocenters. The second-order valence-corrected chi connectivity index (χ2v) is 12.2. The molecule has 1 N–H and O–H groups in total. The number of hydrogen-bond acceptors (Lipinski definition) is 6. The first-order valence-electron chi connectivity index (χ1n) is 13.1. The molecular formula is C28H42N2O6. The van der Waals surface area contributed by atoms with Crippen molar-refractivity contribution in [3.8, 4) is 11.5 Å². The van der Waals surface area contributed by atoms with Crippen molar-refractivity contribution >= 4 is 12.0 Å². The minimum Gasteiger partial charge on any atom is -0.493 e. The molecule has 200 valence electrons. The van der Waals surface area contributed by atoms with Crippen LogP contribution in [-0.4, -0.2) is 60.4 Å². The quantitative estimate of drug-likeness (QED) is 0.642. The summed E-state index contributed by atoms with van der Waals surface area (Å²) in [4.78, 5) is 27.8. The van der Waals surface area contributed by atoms with Crippen molar-refractivity contribution in [3.05, 3.63) is 23.8 Å². The van der Waals surface area contributed by atoms with E-state index in [1.807, 2.05) is 51.7 Å². The molecule has 0 spiro atoms. The molecule has 1 aromatic carbocycles. The van der Waals surface area contributed by atoms with Gasteiger partial charge in [0, 0.05) is 30.5 Å². The van der Waals surface area contributed by atoms with Gasteiger partial charge in [-0.15, -0.1) is 0 Å². The van der Waals surface area contributed by atoms with Crippen LogP contribution in [0.15, 0.2) is 18.2 Å². The lowest BCUT2D eigenvalue weighted by Gasteiger charge is -2.53. The minimum atomic E-state index is -0.637. The van der Waals surface area contributed by atoms with E-state index in [4.69, 9.17) is 18.9 Å². The summed E-state index contributed by atoms with van der Waals surface area (Å²) < 4.78 is 24.2. The zero-order valence-electron chi connectivity index (χ0n) is 22.9. The summed E-state index contributed by atoms with van der Waals surface area (Å²) in [7, 11) is 1.66. The molecule has 1 aromatic rings. The lowest BCUT2D eigenvalue weighted by Crippen LogP contribution is -2.59. The highest BCUT2D eigenvalue weighted by Gasteiger charge is 2.52. The fourth-order valence-corrected chi connectivity index (χ4v) is 5.80. The molecule has 3 heterocycles. The van der Waals surface area contributed by atoms with Gasteiger partial charge in [-0.25, -0.2) is 4.79 Å². The molecule has 0 saturated carbocycles. The lowest BCUT2D eigenvalue weighted by molar-refractivity contribution is -0.189. The molecule has 3 aliphatic heterocycles. The first-order valence-corrected chi connectivity index (χ1v) is 13.1. The van der Waals surface area contributed by atoms with Crippen LogP contribution in [0.2, 0.25) is 0 Å². The monoisotopic (exact) mass is 502 g/mol. The van der Waals surface area contributed by atoms with Crippen molar-refractivity contribution < 1.29 is 28.5 Å². The molecule has 0 bridgehead atoms. The van der Waals surface area contributed by atoms with E-state index in [0.717, 1.165) is 29.9 Å². The van der Waals surface area contributed by atoms with Crippen LogP contribution < -0.4 is 14.8 Å². The van der Waals surface area contributed by atoms with Gasteiger partial charge in [0.05, 0.1) is 19.3 Å². The zero-order chi connectivity index (χ0) is 26.4. The number of para-hydroxylation sites is 1. The zero-order valence-corrected chi connectivity index (χ0v) is 22.9. The number of carbonyl (C=O) groups excluding carboxylic acids is 2. The number of piperidine rings is 1. The molecule has 0 aliphatic carbocycles. The van der Waals surface area contributed by atoms with Gasteiger partial charge in [0.1, 0.15) is 17.2 Å². The standard InChI is InChI=1S/C28H42N2O6/c1-16(2)22(29-26(32)36-27(3,4)5)25(31)30-13-12-20-17(15-30)14-19-23(34-20)18-10-9-11-21(33-8)24(18)35-28(19,6)7/h9-11,16-17,19-20,22-23H,12-15H2,1-8H3,(H,29,32)/t17-,19+,20+,22+,23-/m0/s1. The third-order valence-corrected chi connectivity index (χ3v) is 7.62. The second-order valence-electron chi connectivity index (χ2n) is 12.2. The van der Waals surface area contributed by atoms with Crippen molar-refractivity contribution in [2.24, 2.45) is 17.8 Å². The Morgan fingerprint density at radius 1 is 1.22 bits per heavy atom. The van der Waals surface area contributed by atoms with E-state index in [-0.39, 0.29) is 35.9 Å². The number of nitrogens with zero attached hydrogens (tertiary/aromatic N) is 1. The van der Waals surface area contributed by atoms with Crippen LogP contribution in [0.25, 0.3) is 0 Å². The summed E-state index contributed by atoms with van der Waals surface area (Å²) in [5.41, 5.74) is -0.0277. The fourth-order valence-electron chi connectivity index (χ4n) is 5.80. The Bertz CT molecular complexity index is 985. The largest absolute Gasteiger partial charge is 0.493 e. The number of benzene rings is 1. The number of carbonyl (C=O) groups is 2. The van der Waals surface area contributed by atoms with E-state index in [0.29, 0.717) is 13.1 Å². The third kappa shape index (κ3) is 5.29. The van der Waals surface area contributed by atoms with Crippen LogP contribution in [0.4, 0.5) is 4.79 Å². The molecular weight excluding hydrogens is 460 g/mol. The van der Waals surface area contributed by atoms with Crippen molar-refractivity contribution in [2.75, 3.05) is 20.2 Å². The van der Waals surface area contributed by atoms with E-state index < -0.39 is 23.3 Å². The molecule has 36 heavy (non-hydrogen) atoms. The van der Waals surface area contributed by atoms with Crippen molar-refractivity contribution in [1.82, 2.24) is 10.2 Å². The molecule has 8 nitrogen and oxygen atoms in total. The summed E-state index contributed by atoms with van der Waals surface area (Å²) in [6, 6.07) is 5.33. The number of amides is 2. The average Bonchev–Trinajstić information content (AvgIpc) is 2.79. The number of fused-ring (bicyclic) bond motifs is 4. The summed E-state index contributed by atoms with van der Waals surface area (Å²) in [6.07, 6.45) is 1.09. The van der Waals surface area contributed by atoms with Crippen LogP contribution >= 0.6 is 0 Å². The van der Waals surface area contributed by atoms with E-state index in [1.165, 1.54) is 0 Å². The average molecular weight is 503 g/mol. The fraction of sp³-hybridized carbons (Fsp3) is 0.714. The molecule has 0 radical (unpaired) electrons. The van der Waals surface area contributed by atoms with Gasteiger partial charge in [0.15, 0.2) is 11.5 Å². The molecule has 8 heteroatoms. The number of ether oxygens (including phenoxy) is 4. The van der Waals surface area contributed by atoms with Crippen LogP contribution in [0, 0.1) is 17.8 Å². The highest BCUT2D eigenvalue weighted by atomic mass is 16.6. The summed E-state index contributed by atoms with van der Waals surface area (Å²) in [6.45, 7) is 14.7. The predicted molar refractivity (Wildman–Crippen MR) is 136 cm³/mol. The van der Waals surface area contributed by atoms with Gasteiger partial charge in [-0.05, 0) is 59.4 Å².